The standard InChI is InChI=1S/C9H13NO3.CH5N/c1-13-9(12)7-10-6-4-2-3-5-8(10)11;1-2/h2,4H,3,5-7H2,1H3;2H2,1H3. The highest BCUT2D eigenvalue weighted by atomic mass is 16.5. The van der Waals surface area contributed by atoms with Gasteiger partial charge in [-0.05, 0) is 13.5 Å². The first-order valence-corrected chi connectivity index (χ1v) is 4.81. The molecule has 5 heteroatoms. The van der Waals surface area contributed by atoms with Gasteiger partial charge < -0.3 is 15.4 Å². The summed E-state index contributed by atoms with van der Waals surface area (Å²) in [6.07, 6.45) is 5.09. The quantitative estimate of drug-likeness (QED) is 0.515. The number of hydrogen-bond donors (Lipinski definition) is 1. The second-order valence-corrected chi connectivity index (χ2v) is 2.86. The van der Waals surface area contributed by atoms with Crippen LogP contribution in [-0.2, 0) is 14.3 Å². The molecule has 0 aromatic carbocycles. The van der Waals surface area contributed by atoms with E-state index in [0.717, 1.165) is 6.42 Å². The van der Waals surface area contributed by atoms with Crippen molar-refractivity contribution < 1.29 is 14.3 Å². The summed E-state index contributed by atoms with van der Waals surface area (Å²) in [7, 11) is 2.82. The van der Waals surface area contributed by atoms with E-state index in [9.17, 15) is 9.59 Å². The van der Waals surface area contributed by atoms with Crippen molar-refractivity contribution >= 4 is 11.9 Å². The lowest BCUT2D eigenvalue weighted by Gasteiger charge is -2.17. The van der Waals surface area contributed by atoms with Crippen LogP contribution in [0.25, 0.3) is 0 Å². The number of carbonyl (C=O) groups is 2. The third-order valence-corrected chi connectivity index (χ3v) is 1.92. The lowest BCUT2D eigenvalue weighted by molar-refractivity contribution is -0.146. The Morgan fingerprint density at radius 1 is 1.53 bits per heavy atom. The number of rotatable bonds is 2. The topological polar surface area (TPSA) is 72.6 Å². The first kappa shape index (κ1) is 13.6. The summed E-state index contributed by atoms with van der Waals surface area (Å²) >= 11 is 0. The molecule has 86 valence electrons. The molecular formula is C10H18N2O3. The number of nitrogens with two attached hydrogens (primary N) is 1. The van der Waals surface area contributed by atoms with Crippen molar-refractivity contribution in [1.82, 2.24) is 4.90 Å². The van der Waals surface area contributed by atoms with Gasteiger partial charge in [0.15, 0.2) is 0 Å². The third kappa shape index (κ3) is 5.17. The fourth-order valence-corrected chi connectivity index (χ4v) is 1.16. The van der Waals surface area contributed by atoms with E-state index in [2.05, 4.69) is 10.5 Å². The zero-order valence-electron chi connectivity index (χ0n) is 9.23. The maximum Gasteiger partial charge on any atom is 0.325 e. The lowest BCUT2D eigenvalue weighted by Crippen LogP contribution is -2.35. The molecule has 0 aromatic rings. The van der Waals surface area contributed by atoms with Crippen LogP contribution >= 0.6 is 0 Å². The van der Waals surface area contributed by atoms with Crippen molar-refractivity contribution in [1.29, 1.82) is 0 Å². The van der Waals surface area contributed by atoms with E-state index in [1.54, 1.807) is 0 Å². The second kappa shape index (κ2) is 7.99. The van der Waals surface area contributed by atoms with Crippen LogP contribution in [0.2, 0.25) is 0 Å². The molecule has 0 saturated heterocycles. The fourth-order valence-electron chi connectivity index (χ4n) is 1.16. The van der Waals surface area contributed by atoms with Crippen molar-refractivity contribution in [3.8, 4) is 0 Å². The molecule has 0 aromatic heterocycles. The van der Waals surface area contributed by atoms with Crippen molar-refractivity contribution in [3.05, 3.63) is 12.2 Å². The average molecular weight is 214 g/mol. The van der Waals surface area contributed by atoms with Gasteiger partial charge in [0.1, 0.15) is 6.54 Å². The molecule has 1 aliphatic heterocycles. The number of nitrogens with zero attached hydrogens (tertiary/aromatic N) is 1. The van der Waals surface area contributed by atoms with Crippen LogP contribution in [0.3, 0.4) is 0 Å². The van der Waals surface area contributed by atoms with E-state index in [4.69, 9.17) is 0 Å². The molecule has 1 amide bonds. The Kier molecular flexibility index (Phi) is 7.27. The van der Waals surface area contributed by atoms with Gasteiger partial charge in [-0.3, -0.25) is 9.59 Å². The molecule has 0 bridgehead atoms. The highest BCUT2D eigenvalue weighted by molar-refractivity contribution is 5.82. The molecule has 0 saturated carbocycles. The van der Waals surface area contributed by atoms with Crippen LogP contribution < -0.4 is 5.73 Å². The van der Waals surface area contributed by atoms with E-state index < -0.39 is 0 Å². The molecule has 0 fully saturated rings. The SMILES string of the molecule is CN.COC(=O)CN1CC=CCCC1=O. The van der Waals surface area contributed by atoms with Gasteiger partial charge in [-0.15, -0.1) is 0 Å². The molecule has 0 spiro atoms. The van der Waals surface area contributed by atoms with Crippen molar-refractivity contribution in [3.63, 3.8) is 0 Å². The number of esters is 1. The average Bonchev–Trinajstić information content (AvgIpc) is 2.47. The minimum Gasteiger partial charge on any atom is -0.468 e. The van der Waals surface area contributed by atoms with Gasteiger partial charge in [0.05, 0.1) is 7.11 Å². The second-order valence-electron chi connectivity index (χ2n) is 2.86. The van der Waals surface area contributed by atoms with Crippen LogP contribution in [0.5, 0.6) is 0 Å². The molecule has 0 unspecified atom stereocenters. The van der Waals surface area contributed by atoms with Crippen LogP contribution in [0.4, 0.5) is 0 Å². The Morgan fingerprint density at radius 3 is 2.80 bits per heavy atom. The first-order chi connectivity index (χ1) is 7.24. The van der Waals surface area contributed by atoms with Crippen LogP contribution in [-0.4, -0.2) is 44.0 Å². The van der Waals surface area contributed by atoms with Gasteiger partial charge >= 0.3 is 5.97 Å². The molecule has 0 atom stereocenters. The summed E-state index contributed by atoms with van der Waals surface area (Å²) in [5.74, 6) is -0.362. The number of ether oxygens (including phenoxy) is 1. The Morgan fingerprint density at radius 2 is 2.20 bits per heavy atom. The van der Waals surface area contributed by atoms with E-state index in [1.165, 1.54) is 19.1 Å². The maximum absolute atomic E-state index is 11.3. The van der Waals surface area contributed by atoms with E-state index >= 15 is 0 Å². The Bertz CT molecular complexity index is 239. The predicted octanol–water partition coefficient (Wildman–Crippen LogP) is -0.0871. The van der Waals surface area contributed by atoms with Gasteiger partial charge in [-0.1, -0.05) is 12.2 Å². The molecule has 2 N–H and O–H groups in total. The van der Waals surface area contributed by atoms with Gasteiger partial charge in [0.2, 0.25) is 5.91 Å². The number of amides is 1. The zero-order chi connectivity index (χ0) is 11.7. The van der Waals surface area contributed by atoms with Gasteiger partial charge in [0, 0.05) is 13.0 Å². The minimum absolute atomic E-state index is 0.00963. The highest BCUT2D eigenvalue weighted by Gasteiger charge is 2.16. The fraction of sp³-hybridized carbons (Fsp3) is 0.600. The summed E-state index contributed by atoms with van der Waals surface area (Å²) in [5, 5.41) is 0. The third-order valence-electron chi connectivity index (χ3n) is 1.92. The van der Waals surface area contributed by atoms with E-state index in [0.29, 0.717) is 13.0 Å². The summed E-state index contributed by atoms with van der Waals surface area (Å²) in [6, 6.07) is 0. The normalized spacial score (nSPS) is 15.1. The van der Waals surface area contributed by atoms with Gasteiger partial charge in [-0.25, -0.2) is 0 Å². The Hall–Kier alpha value is -1.36. The van der Waals surface area contributed by atoms with E-state index in [-0.39, 0.29) is 18.4 Å². The Labute approximate surface area is 89.9 Å². The number of carbonyl (C=O) groups excluding carboxylic acids is 2. The van der Waals surface area contributed by atoms with Crippen LogP contribution in [0.1, 0.15) is 12.8 Å². The maximum atomic E-state index is 11.3. The molecule has 1 rings (SSSR count). The largest absolute Gasteiger partial charge is 0.468 e. The molecule has 15 heavy (non-hydrogen) atoms. The van der Waals surface area contributed by atoms with Gasteiger partial charge in [-0.2, -0.15) is 0 Å². The van der Waals surface area contributed by atoms with Crippen molar-refractivity contribution in [2.75, 3.05) is 27.2 Å². The van der Waals surface area contributed by atoms with Crippen LogP contribution in [0.15, 0.2) is 12.2 Å². The predicted molar refractivity (Wildman–Crippen MR) is 57.1 cm³/mol. The summed E-state index contributed by atoms with van der Waals surface area (Å²) in [5.41, 5.74) is 4.50. The van der Waals surface area contributed by atoms with Crippen molar-refractivity contribution in [2.45, 2.75) is 12.8 Å². The molecular weight excluding hydrogens is 196 g/mol. The monoisotopic (exact) mass is 214 g/mol. The van der Waals surface area contributed by atoms with Crippen molar-refractivity contribution in [2.24, 2.45) is 5.73 Å². The van der Waals surface area contributed by atoms with E-state index in [1.807, 2.05) is 12.2 Å². The summed E-state index contributed by atoms with van der Waals surface area (Å²) in [4.78, 5) is 23.7. The summed E-state index contributed by atoms with van der Waals surface area (Å²) in [6.45, 7) is 0.563. The highest BCUT2D eigenvalue weighted by Crippen LogP contribution is 2.04. The number of allylic oxidation sites excluding steroid dienone is 1. The molecule has 0 aliphatic carbocycles. The smallest absolute Gasteiger partial charge is 0.325 e. The Balaban J connectivity index is 0.000000921. The lowest BCUT2D eigenvalue weighted by atomic mass is 10.3. The molecule has 1 aliphatic rings. The van der Waals surface area contributed by atoms with Crippen LogP contribution in [0, 0.1) is 0 Å². The van der Waals surface area contributed by atoms with Gasteiger partial charge in [0.25, 0.3) is 0 Å². The number of methoxy groups -OCH3 is 1. The number of hydrogen-bond acceptors (Lipinski definition) is 4. The zero-order valence-corrected chi connectivity index (χ0v) is 9.23. The first-order valence-electron chi connectivity index (χ1n) is 4.81. The molecule has 5 nitrogen and oxygen atoms in total. The molecule has 1 heterocycles. The minimum atomic E-state index is -0.372. The summed E-state index contributed by atoms with van der Waals surface area (Å²) < 4.78 is 4.49. The molecule has 0 radical (unpaired) electrons.